The number of ether oxygens (including phenoxy) is 1. The van der Waals surface area contributed by atoms with Crippen LogP contribution >= 0.6 is 35.3 Å². The summed E-state index contributed by atoms with van der Waals surface area (Å²) in [5.41, 5.74) is 1.19. The highest BCUT2D eigenvalue weighted by atomic mass is 127. The second-order valence-corrected chi connectivity index (χ2v) is 6.09. The van der Waals surface area contributed by atoms with Gasteiger partial charge in [-0.25, -0.2) is 0 Å². The van der Waals surface area contributed by atoms with Crippen molar-refractivity contribution < 1.29 is 4.74 Å². The third-order valence-corrected chi connectivity index (χ3v) is 4.14. The van der Waals surface area contributed by atoms with Crippen molar-refractivity contribution >= 4 is 41.3 Å². The van der Waals surface area contributed by atoms with E-state index in [9.17, 15) is 0 Å². The Morgan fingerprint density at radius 2 is 1.96 bits per heavy atom. The minimum atomic E-state index is 0. The maximum atomic E-state index is 5.65. The second-order valence-electron chi connectivity index (χ2n) is 5.05. The molecule has 0 bridgehead atoms. The number of hydrogen-bond acceptors (Lipinski definition) is 3. The zero-order valence-electron chi connectivity index (χ0n) is 14.0. The first-order valence-corrected chi connectivity index (χ1v) is 8.92. The number of halogens is 1. The van der Waals surface area contributed by atoms with Gasteiger partial charge in [-0.1, -0.05) is 36.4 Å². The fraction of sp³-hybridized carbons (Fsp3) is 0.389. The molecule has 0 saturated heterocycles. The predicted octanol–water partition coefficient (Wildman–Crippen LogP) is 3.68. The van der Waals surface area contributed by atoms with E-state index in [0.717, 1.165) is 25.5 Å². The first-order valence-electron chi connectivity index (χ1n) is 8.04. The number of guanidine groups is 1. The summed E-state index contributed by atoms with van der Waals surface area (Å²) in [6.07, 6.45) is 1.02. The van der Waals surface area contributed by atoms with Gasteiger partial charge in [0.1, 0.15) is 0 Å². The average molecular weight is 459 g/mol. The van der Waals surface area contributed by atoms with Gasteiger partial charge in [-0.15, -0.1) is 35.3 Å². The number of nitrogens with zero attached hydrogens (tertiary/aromatic N) is 1. The molecular formula is C18H26IN3OS. The van der Waals surface area contributed by atoms with Gasteiger partial charge in [0.15, 0.2) is 5.96 Å². The van der Waals surface area contributed by atoms with E-state index in [2.05, 4.69) is 52.2 Å². The van der Waals surface area contributed by atoms with Crippen LogP contribution in [0.25, 0.3) is 0 Å². The molecule has 0 radical (unpaired) electrons. The topological polar surface area (TPSA) is 45.7 Å². The number of nitrogens with one attached hydrogen (secondary N) is 2. The van der Waals surface area contributed by atoms with Gasteiger partial charge in [-0.3, -0.25) is 4.99 Å². The first-order chi connectivity index (χ1) is 11.4. The molecule has 0 aliphatic carbocycles. The van der Waals surface area contributed by atoms with Crippen LogP contribution in [0.3, 0.4) is 0 Å². The molecule has 0 amide bonds. The summed E-state index contributed by atoms with van der Waals surface area (Å²) in [5.74, 6) is 0.854. The van der Waals surface area contributed by atoms with Gasteiger partial charge in [0.2, 0.25) is 0 Å². The molecule has 1 aromatic carbocycles. The van der Waals surface area contributed by atoms with Gasteiger partial charge >= 0.3 is 0 Å². The van der Waals surface area contributed by atoms with Crippen LogP contribution in [0.15, 0.2) is 52.8 Å². The van der Waals surface area contributed by atoms with Crippen LogP contribution < -0.4 is 10.6 Å². The van der Waals surface area contributed by atoms with Gasteiger partial charge in [0.05, 0.1) is 19.8 Å². The quantitative estimate of drug-likeness (QED) is 0.260. The lowest BCUT2D eigenvalue weighted by molar-refractivity contribution is 0.128. The highest BCUT2D eigenvalue weighted by Crippen LogP contribution is 2.07. The minimum absolute atomic E-state index is 0. The molecule has 0 fully saturated rings. The molecular weight excluding hydrogens is 433 g/mol. The molecule has 0 aliphatic heterocycles. The van der Waals surface area contributed by atoms with Crippen LogP contribution in [0, 0.1) is 0 Å². The molecule has 132 valence electrons. The van der Waals surface area contributed by atoms with Crippen LogP contribution in [0.5, 0.6) is 0 Å². The van der Waals surface area contributed by atoms with Crippen LogP contribution in [0.2, 0.25) is 0 Å². The largest absolute Gasteiger partial charge is 0.375 e. The molecule has 0 aliphatic rings. The van der Waals surface area contributed by atoms with Crippen molar-refractivity contribution in [3.63, 3.8) is 0 Å². The minimum Gasteiger partial charge on any atom is -0.375 e. The Hall–Kier alpha value is -1.12. The van der Waals surface area contributed by atoms with E-state index in [-0.39, 0.29) is 24.0 Å². The molecule has 1 aromatic heterocycles. The van der Waals surface area contributed by atoms with Gasteiger partial charge in [0, 0.05) is 18.0 Å². The van der Waals surface area contributed by atoms with Crippen LogP contribution in [-0.2, 0) is 17.8 Å². The lowest BCUT2D eigenvalue weighted by atomic mass is 10.2. The fourth-order valence-electron chi connectivity index (χ4n) is 2.09. The molecule has 2 aromatic rings. The zero-order chi connectivity index (χ0) is 16.2. The molecule has 6 heteroatoms. The van der Waals surface area contributed by atoms with E-state index >= 15 is 0 Å². The van der Waals surface area contributed by atoms with E-state index in [4.69, 9.17) is 4.74 Å². The van der Waals surface area contributed by atoms with Gasteiger partial charge in [-0.05, 0) is 30.4 Å². The fourth-order valence-corrected chi connectivity index (χ4v) is 2.80. The first kappa shape index (κ1) is 20.9. The smallest absolute Gasteiger partial charge is 0.191 e. The molecule has 0 atom stereocenters. The second kappa shape index (κ2) is 13.2. The van der Waals surface area contributed by atoms with Crippen LogP contribution in [0.1, 0.15) is 17.4 Å². The van der Waals surface area contributed by atoms with Crippen molar-refractivity contribution in [2.45, 2.75) is 20.0 Å². The number of hydrogen-bond donors (Lipinski definition) is 2. The molecule has 4 nitrogen and oxygen atoms in total. The summed E-state index contributed by atoms with van der Waals surface area (Å²) in [7, 11) is 0. The Morgan fingerprint density at radius 3 is 2.67 bits per heavy atom. The third-order valence-electron chi connectivity index (χ3n) is 3.21. The van der Waals surface area contributed by atoms with E-state index in [0.29, 0.717) is 19.8 Å². The van der Waals surface area contributed by atoms with Crippen LogP contribution in [0.4, 0.5) is 0 Å². The van der Waals surface area contributed by atoms with E-state index in [1.807, 2.05) is 18.2 Å². The Kier molecular flexibility index (Phi) is 11.5. The normalized spacial score (nSPS) is 11.0. The Morgan fingerprint density at radius 1 is 1.12 bits per heavy atom. The summed E-state index contributed by atoms with van der Waals surface area (Å²) < 4.78 is 5.65. The highest BCUT2D eigenvalue weighted by molar-refractivity contribution is 14.0. The van der Waals surface area contributed by atoms with Crippen molar-refractivity contribution in [2.24, 2.45) is 4.99 Å². The summed E-state index contributed by atoms with van der Waals surface area (Å²) >= 11 is 1.79. The molecule has 2 N–H and O–H groups in total. The summed E-state index contributed by atoms with van der Waals surface area (Å²) in [5, 5.41) is 8.73. The van der Waals surface area contributed by atoms with E-state index < -0.39 is 0 Å². The summed E-state index contributed by atoms with van der Waals surface area (Å²) in [6.45, 7) is 5.73. The summed E-state index contributed by atoms with van der Waals surface area (Å²) in [4.78, 5) is 5.92. The molecule has 0 saturated carbocycles. The number of aliphatic imine (C=N–C) groups is 1. The summed E-state index contributed by atoms with van der Waals surface area (Å²) in [6, 6.07) is 14.4. The Labute approximate surface area is 165 Å². The van der Waals surface area contributed by atoms with Crippen molar-refractivity contribution in [1.29, 1.82) is 0 Å². The van der Waals surface area contributed by atoms with Gasteiger partial charge in [-0.2, -0.15) is 0 Å². The number of rotatable bonds is 9. The van der Waals surface area contributed by atoms with Crippen molar-refractivity contribution in [3.05, 3.63) is 58.3 Å². The third kappa shape index (κ3) is 8.65. The highest BCUT2D eigenvalue weighted by Gasteiger charge is 1.98. The predicted molar refractivity (Wildman–Crippen MR) is 114 cm³/mol. The Balaban J connectivity index is 0.00000288. The van der Waals surface area contributed by atoms with Crippen LogP contribution in [-0.4, -0.2) is 32.2 Å². The van der Waals surface area contributed by atoms with Gasteiger partial charge < -0.3 is 15.4 Å². The SMILES string of the molecule is CCNC(=NCCOCc1ccccc1)NCCc1cccs1.I. The van der Waals surface area contributed by atoms with Gasteiger partial charge in [0.25, 0.3) is 0 Å². The maximum Gasteiger partial charge on any atom is 0.191 e. The van der Waals surface area contributed by atoms with E-state index in [1.165, 1.54) is 10.4 Å². The molecule has 2 rings (SSSR count). The standard InChI is InChI=1S/C18H25N3OS.HI/c1-2-19-18(20-11-10-17-9-6-14-23-17)21-12-13-22-15-16-7-4-3-5-8-16;/h3-9,14H,2,10-13,15H2,1H3,(H2,19,20,21);1H. The van der Waals surface area contributed by atoms with Crippen molar-refractivity contribution in [2.75, 3.05) is 26.2 Å². The van der Waals surface area contributed by atoms with Crippen molar-refractivity contribution in [1.82, 2.24) is 10.6 Å². The number of thiophene rings is 1. The monoisotopic (exact) mass is 459 g/mol. The maximum absolute atomic E-state index is 5.65. The average Bonchev–Trinajstić information content (AvgIpc) is 3.09. The molecule has 24 heavy (non-hydrogen) atoms. The Bertz CT molecular complexity index is 561. The lowest BCUT2D eigenvalue weighted by Gasteiger charge is -2.11. The molecule has 1 heterocycles. The van der Waals surface area contributed by atoms with E-state index in [1.54, 1.807) is 11.3 Å². The lowest BCUT2D eigenvalue weighted by Crippen LogP contribution is -2.38. The van der Waals surface area contributed by atoms with Crippen molar-refractivity contribution in [3.8, 4) is 0 Å². The number of benzene rings is 1. The molecule has 0 unspecified atom stereocenters. The molecule has 0 spiro atoms. The zero-order valence-corrected chi connectivity index (χ0v) is 17.2.